The summed E-state index contributed by atoms with van der Waals surface area (Å²) in [6.07, 6.45) is 6.70. The van der Waals surface area contributed by atoms with E-state index in [1.54, 1.807) is 29.0 Å². The molecule has 3 aliphatic heterocycles. The second-order valence-electron chi connectivity index (χ2n) is 10.9. The maximum absolute atomic E-state index is 14.1. The number of aromatic nitrogens is 1. The Bertz CT molecular complexity index is 1500. The van der Waals surface area contributed by atoms with Gasteiger partial charge in [-0.05, 0) is 31.6 Å². The van der Waals surface area contributed by atoms with Crippen LogP contribution in [0.2, 0.25) is 5.02 Å². The smallest absolute Gasteiger partial charge is 0.317 e. The molecule has 42 heavy (non-hydrogen) atoms. The number of nitrogens with zero attached hydrogens (tertiary/aromatic N) is 5. The minimum Gasteiger partial charge on any atom is -0.317 e. The first-order chi connectivity index (χ1) is 20.2. The lowest BCUT2D eigenvalue weighted by molar-refractivity contribution is -0.424. The molecule has 11 heteroatoms. The predicted molar refractivity (Wildman–Crippen MR) is 162 cm³/mol. The van der Waals surface area contributed by atoms with Gasteiger partial charge in [0.25, 0.3) is 0 Å². The van der Waals surface area contributed by atoms with Gasteiger partial charge in [-0.25, -0.2) is 22.9 Å². The number of carbonyl (C=O) groups is 1. The first kappa shape index (κ1) is 30.4. The van der Waals surface area contributed by atoms with Crippen LogP contribution in [0.15, 0.2) is 63.2 Å². The number of benzene rings is 1. The van der Waals surface area contributed by atoms with Crippen LogP contribution in [0.5, 0.6) is 0 Å². The second-order valence-corrected chi connectivity index (χ2v) is 12.2. The van der Waals surface area contributed by atoms with Gasteiger partial charge in [0, 0.05) is 39.9 Å². The molecule has 0 radical (unpaired) electrons. The Morgan fingerprint density at radius 1 is 1.26 bits per heavy atom. The zero-order valence-electron chi connectivity index (χ0n) is 23.9. The fourth-order valence-corrected chi connectivity index (χ4v) is 6.61. The zero-order valence-corrected chi connectivity index (χ0v) is 25.4. The highest BCUT2D eigenvalue weighted by Gasteiger charge is 2.43. The van der Waals surface area contributed by atoms with Crippen LogP contribution in [0.25, 0.3) is 0 Å². The van der Waals surface area contributed by atoms with Crippen molar-refractivity contribution in [3.05, 3.63) is 74.6 Å². The Kier molecular flexibility index (Phi) is 9.42. The highest BCUT2D eigenvalue weighted by molar-refractivity contribution is 7.11. The average Bonchev–Trinajstić information content (AvgIpc) is 3.73. The number of aliphatic imine (C=N–C) groups is 2. The molecule has 6 nitrogen and oxygen atoms in total. The molecule has 0 spiro atoms. The van der Waals surface area contributed by atoms with Gasteiger partial charge in [-0.1, -0.05) is 49.9 Å². The summed E-state index contributed by atoms with van der Waals surface area (Å²) in [5.74, 6) is 0.0892. The molecule has 0 bridgehead atoms. The summed E-state index contributed by atoms with van der Waals surface area (Å²) in [6.45, 7) is 4.53. The second kappa shape index (κ2) is 13.0. The number of rotatable bonds is 10. The van der Waals surface area contributed by atoms with Gasteiger partial charge in [-0.3, -0.25) is 9.98 Å². The molecule has 3 aliphatic rings. The summed E-state index contributed by atoms with van der Waals surface area (Å²) in [6, 6.07) is 2.84. The largest absolute Gasteiger partial charge is 0.389 e. The molecule has 0 saturated carbocycles. The number of unbranched alkanes of at least 4 members (excludes halogenated alkanes) is 2. The number of hydrogen-bond donors (Lipinski definition) is 0. The van der Waals surface area contributed by atoms with Crippen molar-refractivity contribution in [2.75, 3.05) is 13.6 Å². The van der Waals surface area contributed by atoms with E-state index in [2.05, 4.69) is 16.9 Å². The molecule has 4 heterocycles. The Morgan fingerprint density at radius 3 is 2.76 bits per heavy atom. The van der Waals surface area contributed by atoms with Gasteiger partial charge in [-0.15, -0.1) is 11.3 Å². The number of carbonyl (C=O) groups excluding carboxylic acids is 1. The molecule has 1 fully saturated rings. The summed E-state index contributed by atoms with van der Waals surface area (Å²) in [7, 11) is 1.81. The predicted octanol–water partition coefficient (Wildman–Crippen LogP) is 7.26. The van der Waals surface area contributed by atoms with Gasteiger partial charge in [0.2, 0.25) is 6.43 Å². The lowest BCUT2D eigenvalue weighted by Gasteiger charge is -2.32. The fourth-order valence-electron chi connectivity index (χ4n) is 5.70. The molecule has 2 aromatic rings. The number of hydrogen-bond acceptors (Lipinski definition) is 6. The van der Waals surface area contributed by atoms with Gasteiger partial charge in [0.15, 0.2) is 16.6 Å². The van der Waals surface area contributed by atoms with E-state index in [1.165, 1.54) is 23.5 Å². The number of alkyl halides is 2. The van der Waals surface area contributed by atoms with E-state index in [0.29, 0.717) is 40.7 Å². The monoisotopic (exact) mass is 616 g/mol. The van der Waals surface area contributed by atoms with Gasteiger partial charge < -0.3 is 4.90 Å². The highest BCUT2D eigenvalue weighted by atomic mass is 35.5. The van der Waals surface area contributed by atoms with E-state index in [-0.39, 0.29) is 23.3 Å². The Labute approximate surface area is 253 Å². The number of allylic oxidation sites excluding steroid dienone is 2. The van der Waals surface area contributed by atoms with Crippen molar-refractivity contribution in [3.63, 3.8) is 0 Å². The third kappa shape index (κ3) is 6.29. The molecule has 3 atom stereocenters. The third-order valence-corrected chi connectivity index (χ3v) is 9.05. The molecule has 5 rings (SSSR count). The molecule has 1 saturated heterocycles. The van der Waals surface area contributed by atoms with Gasteiger partial charge in [-0.2, -0.15) is 4.58 Å². The lowest BCUT2D eigenvalue weighted by atomic mass is 9.91. The Balaban J connectivity index is 1.63. The van der Waals surface area contributed by atoms with Crippen molar-refractivity contribution in [2.24, 2.45) is 15.9 Å². The van der Waals surface area contributed by atoms with Crippen LogP contribution in [0.3, 0.4) is 0 Å². The Hall–Kier alpha value is -3.11. The standard InChI is InChI=1S/C31H34ClF3N5OS/c1-4-5-6-7-18(2)31(41)39(3)21-16-25-27(24-11-9-20(37-24)15-26(34)35)28(22-10-8-19(33)14-23(22)32)38-29(40(25)17-21)30-36-12-13-42-30/h8-14,18,20,26,28H,4-7,15-17H2,1-3H3/q+1/t18-,20-,28+/m1/s1. The van der Waals surface area contributed by atoms with E-state index >= 15 is 0 Å². The summed E-state index contributed by atoms with van der Waals surface area (Å²) in [5.41, 5.74) is 3.58. The van der Waals surface area contributed by atoms with Crippen LogP contribution in [0.1, 0.15) is 69.0 Å². The summed E-state index contributed by atoms with van der Waals surface area (Å²) >= 11 is 8.02. The summed E-state index contributed by atoms with van der Waals surface area (Å²) in [5, 5.41) is 2.76. The van der Waals surface area contributed by atoms with E-state index < -0.39 is 24.3 Å². The number of fused-ring (bicyclic) bond motifs is 1. The molecule has 0 unspecified atom stereocenters. The van der Waals surface area contributed by atoms with Crippen molar-refractivity contribution < 1.29 is 22.5 Å². The molecule has 0 aliphatic carbocycles. The van der Waals surface area contributed by atoms with E-state index in [0.717, 1.165) is 37.1 Å². The topological polar surface area (TPSA) is 60.9 Å². The van der Waals surface area contributed by atoms with Crippen molar-refractivity contribution in [1.29, 1.82) is 0 Å². The molecule has 222 valence electrons. The minimum absolute atomic E-state index is 0.0593. The van der Waals surface area contributed by atoms with Gasteiger partial charge in [0.05, 0.1) is 24.1 Å². The number of thiazole rings is 1. The number of amidine groups is 1. The lowest BCUT2D eigenvalue weighted by Crippen LogP contribution is -2.36. The Morgan fingerprint density at radius 2 is 2.07 bits per heavy atom. The first-order valence-electron chi connectivity index (χ1n) is 14.3. The normalized spacial score (nSPS) is 22.0. The SMILES string of the molecule is CCCCC[C@@H](C)C(=O)[N+](C)=C1CC2=C(C3=N[C@@H](CC(F)F)C=C3)[C@H](c3ccc(F)cc3Cl)N=C(c3nccs3)N2C1. The van der Waals surface area contributed by atoms with Crippen molar-refractivity contribution in [3.8, 4) is 0 Å². The summed E-state index contributed by atoms with van der Waals surface area (Å²) < 4.78 is 42.3. The van der Waals surface area contributed by atoms with Crippen LogP contribution in [-0.4, -0.2) is 63.7 Å². The fraction of sp³-hybridized carbons (Fsp3) is 0.452. The van der Waals surface area contributed by atoms with Crippen LogP contribution in [0.4, 0.5) is 13.2 Å². The van der Waals surface area contributed by atoms with Crippen LogP contribution >= 0.6 is 22.9 Å². The van der Waals surface area contributed by atoms with E-state index in [9.17, 15) is 18.0 Å². The van der Waals surface area contributed by atoms with Crippen LogP contribution in [-0.2, 0) is 4.79 Å². The van der Waals surface area contributed by atoms with E-state index in [1.807, 2.05) is 24.3 Å². The number of halogens is 4. The molecular weight excluding hydrogens is 583 g/mol. The first-order valence-corrected chi connectivity index (χ1v) is 15.5. The molecular formula is C31H34ClF3N5OS+. The molecule has 1 aromatic heterocycles. The van der Waals surface area contributed by atoms with Gasteiger partial charge in [0.1, 0.15) is 25.5 Å². The van der Waals surface area contributed by atoms with E-state index in [4.69, 9.17) is 16.6 Å². The van der Waals surface area contributed by atoms with Crippen molar-refractivity contribution in [1.82, 2.24) is 9.88 Å². The average molecular weight is 617 g/mol. The van der Waals surface area contributed by atoms with Crippen molar-refractivity contribution >= 4 is 46.1 Å². The maximum Gasteiger partial charge on any atom is 0.389 e. The molecule has 1 aromatic carbocycles. The van der Waals surface area contributed by atoms with Crippen molar-refractivity contribution in [2.45, 2.75) is 70.9 Å². The molecule has 0 N–H and O–H groups in total. The molecule has 1 amide bonds. The van der Waals surface area contributed by atoms with Crippen LogP contribution < -0.4 is 0 Å². The van der Waals surface area contributed by atoms with Crippen LogP contribution in [0, 0.1) is 11.7 Å². The third-order valence-electron chi connectivity index (χ3n) is 7.95. The quantitative estimate of drug-likeness (QED) is 0.209. The number of amides is 1. The minimum atomic E-state index is -2.49. The maximum atomic E-state index is 14.1. The highest BCUT2D eigenvalue weighted by Crippen LogP contribution is 2.43. The zero-order chi connectivity index (χ0) is 30.0. The van der Waals surface area contributed by atoms with Gasteiger partial charge >= 0.3 is 5.91 Å². The summed E-state index contributed by atoms with van der Waals surface area (Å²) in [4.78, 5) is 29.8.